The van der Waals surface area contributed by atoms with E-state index in [1.165, 1.54) is 32.2 Å². The molecule has 0 amide bonds. The average Bonchev–Trinajstić information content (AvgIpc) is 2.92. The van der Waals surface area contributed by atoms with E-state index in [2.05, 4.69) is 19.8 Å². The zero-order chi connectivity index (χ0) is 13.8. The van der Waals surface area contributed by atoms with E-state index in [1.807, 2.05) is 18.5 Å². The number of hydrogen-bond donors (Lipinski definition) is 1. The second kappa shape index (κ2) is 6.50. The third-order valence-corrected chi connectivity index (χ3v) is 4.74. The highest BCUT2D eigenvalue weighted by Gasteiger charge is 2.25. The number of hydrogen-bond acceptors (Lipinski definition) is 5. The molecule has 0 bridgehead atoms. The van der Waals surface area contributed by atoms with Gasteiger partial charge in [-0.3, -0.25) is 4.90 Å². The third-order valence-electron chi connectivity index (χ3n) is 4.74. The highest BCUT2D eigenvalue weighted by atomic mass is 15.3. The molecule has 3 rings (SSSR count). The quantitative estimate of drug-likeness (QED) is 0.892. The molecule has 1 saturated carbocycles. The van der Waals surface area contributed by atoms with Crippen LogP contribution in [-0.2, 0) is 0 Å². The molecule has 1 aliphatic carbocycles. The molecule has 2 heterocycles. The van der Waals surface area contributed by atoms with Gasteiger partial charge in [0.2, 0.25) is 5.95 Å². The van der Waals surface area contributed by atoms with Gasteiger partial charge < -0.3 is 10.6 Å². The first kappa shape index (κ1) is 13.8. The highest BCUT2D eigenvalue weighted by molar-refractivity contribution is 5.29. The van der Waals surface area contributed by atoms with E-state index in [9.17, 15) is 0 Å². The van der Waals surface area contributed by atoms with Crippen LogP contribution in [0.15, 0.2) is 18.5 Å². The van der Waals surface area contributed by atoms with Gasteiger partial charge in [-0.1, -0.05) is 6.42 Å². The second-order valence-corrected chi connectivity index (χ2v) is 6.02. The van der Waals surface area contributed by atoms with Crippen molar-refractivity contribution < 1.29 is 0 Å². The second-order valence-electron chi connectivity index (χ2n) is 6.02. The van der Waals surface area contributed by atoms with Crippen molar-refractivity contribution in [3.8, 4) is 0 Å². The Kier molecular flexibility index (Phi) is 4.47. The minimum absolute atomic E-state index is 0.453. The summed E-state index contributed by atoms with van der Waals surface area (Å²) in [6, 6.07) is 2.32. The smallest absolute Gasteiger partial charge is 0.225 e. The topological polar surface area (TPSA) is 58.3 Å². The Morgan fingerprint density at radius 3 is 2.50 bits per heavy atom. The first-order chi connectivity index (χ1) is 9.83. The number of nitrogens with zero attached hydrogens (tertiary/aromatic N) is 4. The molecule has 1 aliphatic heterocycles. The van der Waals surface area contributed by atoms with Gasteiger partial charge >= 0.3 is 0 Å². The molecular formula is C15H25N5. The van der Waals surface area contributed by atoms with Crippen molar-refractivity contribution in [1.29, 1.82) is 0 Å². The molecule has 2 fully saturated rings. The molecule has 2 aliphatic rings. The molecule has 2 atom stereocenters. The Balaban J connectivity index is 1.42. The van der Waals surface area contributed by atoms with Gasteiger partial charge in [0.05, 0.1) is 0 Å². The number of nitrogens with two attached hydrogens (primary N) is 1. The first-order valence-electron chi connectivity index (χ1n) is 7.83. The van der Waals surface area contributed by atoms with Crippen molar-refractivity contribution in [3.05, 3.63) is 18.5 Å². The third kappa shape index (κ3) is 3.27. The molecule has 0 spiro atoms. The summed E-state index contributed by atoms with van der Waals surface area (Å²) in [7, 11) is 0. The van der Waals surface area contributed by atoms with Gasteiger partial charge in [0.25, 0.3) is 0 Å². The lowest BCUT2D eigenvalue weighted by molar-refractivity contribution is 0.233. The van der Waals surface area contributed by atoms with Crippen LogP contribution in [0.4, 0.5) is 5.95 Å². The Labute approximate surface area is 121 Å². The maximum atomic E-state index is 6.15. The minimum Gasteiger partial charge on any atom is -0.338 e. The fraction of sp³-hybridized carbons (Fsp3) is 0.733. The largest absolute Gasteiger partial charge is 0.338 e. The standard InChI is InChI=1S/C15H25N5/c16-14-4-1-3-13(14)5-8-19-9-11-20(12-10-19)15-17-6-2-7-18-15/h2,6-7,13-14H,1,3-5,8-12,16H2. The Bertz CT molecular complexity index is 402. The molecule has 0 radical (unpaired) electrons. The summed E-state index contributed by atoms with van der Waals surface area (Å²) in [5.74, 6) is 1.62. The van der Waals surface area contributed by atoms with Crippen LogP contribution in [0.1, 0.15) is 25.7 Å². The van der Waals surface area contributed by atoms with Gasteiger partial charge in [-0.15, -0.1) is 0 Å². The molecule has 5 heteroatoms. The van der Waals surface area contributed by atoms with Crippen LogP contribution in [0.3, 0.4) is 0 Å². The molecule has 1 saturated heterocycles. The van der Waals surface area contributed by atoms with Gasteiger partial charge in [0.1, 0.15) is 0 Å². The maximum Gasteiger partial charge on any atom is 0.225 e. The molecule has 20 heavy (non-hydrogen) atoms. The van der Waals surface area contributed by atoms with E-state index < -0.39 is 0 Å². The number of aromatic nitrogens is 2. The van der Waals surface area contributed by atoms with E-state index >= 15 is 0 Å². The zero-order valence-corrected chi connectivity index (χ0v) is 12.1. The summed E-state index contributed by atoms with van der Waals surface area (Å²) in [5.41, 5.74) is 6.15. The molecule has 5 nitrogen and oxygen atoms in total. The summed E-state index contributed by atoms with van der Waals surface area (Å²) in [5, 5.41) is 0. The summed E-state index contributed by atoms with van der Waals surface area (Å²) >= 11 is 0. The first-order valence-corrected chi connectivity index (χ1v) is 7.83. The predicted octanol–water partition coefficient (Wildman–Crippen LogP) is 1.12. The highest BCUT2D eigenvalue weighted by Crippen LogP contribution is 2.27. The number of piperazine rings is 1. The van der Waals surface area contributed by atoms with Crippen molar-refractivity contribution in [1.82, 2.24) is 14.9 Å². The maximum absolute atomic E-state index is 6.15. The van der Waals surface area contributed by atoms with Gasteiger partial charge in [-0.2, -0.15) is 0 Å². The fourth-order valence-electron chi connectivity index (χ4n) is 3.40. The van der Waals surface area contributed by atoms with Crippen LogP contribution in [0.5, 0.6) is 0 Å². The lowest BCUT2D eigenvalue weighted by Gasteiger charge is -2.35. The van der Waals surface area contributed by atoms with E-state index in [0.717, 1.165) is 38.0 Å². The fourth-order valence-corrected chi connectivity index (χ4v) is 3.40. The van der Waals surface area contributed by atoms with Crippen molar-refractivity contribution >= 4 is 5.95 Å². The minimum atomic E-state index is 0.453. The SMILES string of the molecule is NC1CCCC1CCN1CCN(c2ncccn2)CC1. The average molecular weight is 275 g/mol. The summed E-state index contributed by atoms with van der Waals surface area (Å²) in [6.45, 7) is 5.48. The Hall–Kier alpha value is -1.20. The lowest BCUT2D eigenvalue weighted by atomic mass is 10.00. The normalized spacial score (nSPS) is 27.9. The van der Waals surface area contributed by atoms with Crippen molar-refractivity contribution in [2.75, 3.05) is 37.6 Å². The van der Waals surface area contributed by atoms with Crippen LogP contribution in [0, 0.1) is 5.92 Å². The van der Waals surface area contributed by atoms with Crippen molar-refractivity contribution in [3.63, 3.8) is 0 Å². The van der Waals surface area contributed by atoms with Crippen molar-refractivity contribution in [2.24, 2.45) is 11.7 Å². The number of rotatable bonds is 4. The van der Waals surface area contributed by atoms with Crippen LogP contribution >= 0.6 is 0 Å². The van der Waals surface area contributed by atoms with E-state index in [1.54, 1.807) is 0 Å². The van der Waals surface area contributed by atoms with Crippen LogP contribution in [0.25, 0.3) is 0 Å². The zero-order valence-electron chi connectivity index (χ0n) is 12.1. The molecule has 2 N–H and O–H groups in total. The van der Waals surface area contributed by atoms with Gasteiger partial charge in [-0.25, -0.2) is 9.97 Å². The van der Waals surface area contributed by atoms with E-state index in [0.29, 0.717) is 6.04 Å². The predicted molar refractivity (Wildman–Crippen MR) is 80.6 cm³/mol. The Morgan fingerprint density at radius 2 is 1.85 bits per heavy atom. The molecule has 1 aromatic heterocycles. The van der Waals surface area contributed by atoms with Gasteiger partial charge in [-0.05, 0) is 37.8 Å². The molecule has 0 aromatic carbocycles. The summed E-state index contributed by atoms with van der Waals surface area (Å²) in [4.78, 5) is 13.5. The summed E-state index contributed by atoms with van der Waals surface area (Å²) in [6.07, 6.45) is 8.78. The van der Waals surface area contributed by atoms with Gasteiger partial charge in [0.15, 0.2) is 0 Å². The summed E-state index contributed by atoms with van der Waals surface area (Å²) < 4.78 is 0. The van der Waals surface area contributed by atoms with Gasteiger partial charge in [0, 0.05) is 44.6 Å². The molecular weight excluding hydrogens is 250 g/mol. The molecule has 1 aromatic rings. The van der Waals surface area contributed by atoms with E-state index in [-0.39, 0.29) is 0 Å². The lowest BCUT2D eigenvalue weighted by Crippen LogP contribution is -2.47. The van der Waals surface area contributed by atoms with Crippen LogP contribution in [0.2, 0.25) is 0 Å². The van der Waals surface area contributed by atoms with Crippen LogP contribution < -0.4 is 10.6 Å². The van der Waals surface area contributed by atoms with Crippen molar-refractivity contribution in [2.45, 2.75) is 31.7 Å². The molecule has 110 valence electrons. The van der Waals surface area contributed by atoms with Crippen LogP contribution in [-0.4, -0.2) is 53.6 Å². The Morgan fingerprint density at radius 1 is 1.10 bits per heavy atom. The monoisotopic (exact) mass is 275 g/mol. The van der Waals surface area contributed by atoms with E-state index in [4.69, 9.17) is 5.73 Å². The molecule has 2 unspecified atom stereocenters. The number of anilines is 1.